The molecular weight excluding hydrogens is 182 g/mol. The fourth-order valence-corrected chi connectivity index (χ4v) is 4.94. The molecule has 0 aromatic carbocycles. The zero-order valence-electron chi connectivity index (χ0n) is 9.36. The molecule has 2 N–H and O–H groups in total. The van der Waals surface area contributed by atoms with Crippen LogP contribution in [0.25, 0.3) is 0 Å². The Bertz CT molecular complexity index is 260. The minimum atomic E-state index is 0.282. The summed E-state index contributed by atoms with van der Waals surface area (Å²) in [4.78, 5) is 0. The molecule has 82 valence electrons. The van der Waals surface area contributed by atoms with Crippen molar-refractivity contribution in [3.8, 4) is 12.3 Å². The molecule has 4 rings (SSSR count). The first-order valence-electron chi connectivity index (χ1n) is 6.47. The number of terminal acetylenes is 1. The highest BCUT2D eigenvalue weighted by molar-refractivity contribution is 5.03. The van der Waals surface area contributed by atoms with Gasteiger partial charge in [-0.05, 0) is 61.7 Å². The SMILES string of the molecule is C#CCC(N)C1C2CC3CC(C2)CC1C3. The number of rotatable bonds is 2. The second kappa shape index (κ2) is 3.52. The summed E-state index contributed by atoms with van der Waals surface area (Å²) in [6, 6.07) is 0.282. The maximum Gasteiger partial charge on any atom is 0.0241 e. The lowest BCUT2D eigenvalue weighted by atomic mass is 9.50. The number of hydrogen-bond acceptors (Lipinski definition) is 1. The lowest BCUT2D eigenvalue weighted by Crippen LogP contribution is -2.51. The zero-order valence-corrected chi connectivity index (χ0v) is 9.36. The summed E-state index contributed by atoms with van der Waals surface area (Å²) in [6.07, 6.45) is 13.5. The fraction of sp³-hybridized carbons (Fsp3) is 0.857. The molecular formula is C14H21N. The minimum Gasteiger partial charge on any atom is -0.327 e. The van der Waals surface area contributed by atoms with E-state index < -0.39 is 0 Å². The maximum atomic E-state index is 6.27. The Labute approximate surface area is 92.8 Å². The molecule has 0 aliphatic heterocycles. The topological polar surface area (TPSA) is 26.0 Å². The van der Waals surface area contributed by atoms with Crippen LogP contribution >= 0.6 is 0 Å². The van der Waals surface area contributed by atoms with Gasteiger partial charge in [-0.1, -0.05) is 0 Å². The highest BCUT2D eigenvalue weighted by atomic mass is 14.7. The van der Waals surface area contributed by atoms with Gasteiger partial charge in [-0.2, -0.15) is 0 Å². The Morgan fingerprint density at radius 3 is 2.07 bits per heavy atom. The number of nitrogens with two attached hydrogens (primary N) is 1. The van der Waals surface area contributed by atoms with E-state index in [-0.39, 0.29) is 6.04 Å². The van der Waals surface area contributed by atoms with Crippen LogP contribution in [0.2, 0.25) is 0 Å². The third-order valence-electron chi connectivity index (χ3n) is 5.15. The van der Waals surface area contributed by atoms with Gasteiger partial charge in [0.1, 0.15) is 0 Å². The smallest absolute Gasteiger partial charge is 0.0241 e. The Morgan fingerprint density at radius 1 is 1.07 bits per heavy atom. The third-order valence-corrected chi connectivity index (χ3v) is 5.15. The van der Waals surface area contributed by atoms with E-state index in [1.54, 1.807) is 0 Å². The van der Waals surface area contributed by atoms with Crippen molar-refractivity contribution in [2.75, 3.05) is 0 Å². The Hall–Kier alpha value is -0.480. The molecule has 0 aromatic rings. The minimum absolute atomic E-state index is 0.282. The lowest BCUT2D eigenvalue weighted by Gasteiger charge is -2.55. The Morgan fingerprint density at radius 2 is 1.60 bits per heavy atom. The monoisotopic (exact) mass is 203 g/mol. The second-order valence-corrected chi connectivity index (χ2v) is 6.08. The van der Waals surface area contributed by atoms with Crippen LogP contribution in [0.1, 0.15) is 38.5 Å². The molecule has 4 aliphatic carbocycles. The van der Waals surface area contributed by atoms with E-state index in [4.69, 9.17) is 12.2 Å². The molecule has 1 unspecified atom stereocenters. The highest BCUT2D eigenvalue weighted by Gasteiger charge is 2.49. The van der Waals surface area contributed by atoms with Crippen LogP contribution in [0.4, 0.5) is 0 Å². The molecule has 4 bridgehead atoms. The third kappa shape index (κ3) is 1.51. The summed E-state index contributed by atoms with van der Waals surface area (Å²) in [5.41, 5.74) is 6.27. The summed E-state index contributed by atoms with van der Waals surface area (Å²) in [7, 11) is 0. The first kappa shape index (κ1) is 9.73. The van der Waals surface area contributed by atoms with Gasteiger partial charge in [0.2, 0.25) is 0 Å². The van der Waals surface area contributed by atoms with Gasteiger partial charge in [0.15, 0.2) is 0 Å². The predicted molar refractivity (Wildman–Crippen MR) is 62.0 cm³/mol. The molecule has 1 atom stereocenters. The largest absolute Gasteiger partial charge is 0.327 e. The van der Waals surface area contributed by atoms with E-state index in [1.165, 1.54) is 32.1 Å². The van der Waals surface area contributed by atoms with Crippen molar-refractivity contribution >= 4 is 0 Å². The summed E-state index contributed by atoms with van der Waals surface area (Å²) in [5, 5.41) is 0. The molecule has 0 aromatic heterocycles. The van der Waals surface area contributed by atoms with Gasteiger partial charge in [-0.15, -0.1) is 12.3 Å². The Balaban J connectivity index is 1.77. The van der Waals surface area contributed by atoms with E-state index in [9.17, 15) is 0 Å². The second-order valence-electron chi connectivity index (χ2n) is 6.08. The van der Waals surface area contributed by atoms with Crippen molar-refractivity contribution in [2.24, 2.45) is 35.3 Å². The molecule has 0 saturated heterocycles. The zero-order chi connectivity index (χ0) is 10.4. The maximum absolute atomic E-state index is 6.27. The molecule has 0 heterocycles. The van der Waals surface area contributed by atoms with Crippen LogP contribution in [-0.2, 0) is 0 Å². The van der Waals surface area contributed by atoms with Gasteiger partial charge >= 0.3 is 0 Å². The van der Waals surface area contributed by atoms with Crippen molar-refractivity contribution < 1.29 is 0 Å². The quantitative estimate of drug-likeness (QED) is 0.685. The van der Waals surface area contributed by atoms with Crippen LogP contribution in [0.15, 0.2) is 0 Å². The predicted octanol–water partition coefficient (Wildman–Crippen LogP) is 2.41. The van der Waals surface area contributed by atoms with E-state index in [0.717, 1.165) is 36.0 Å². The standard InChI is InChI=1S/C14H21N/c1-2-3-13(15)14-11-5-9-4-10(7-11)8-12(14)6-9/h1,9-14H,3-8,15H2. The van der Waals surface area contributed by atoms with E-state index in [1.807, 2.05) is 0 Å². The van der Waals surface area contributed by atoms with Crippen LogP contribution in [0.3, 0.4) is 0 Å². The summed E-state index contributed by atoms with van der Waals surface area (Å²) < 4.78 is 0. The summed E-state index contributed by atoms with van der Waals surface area (Å²) in [6.45, 7) is 0. The van der Waals surface area contributed by atoms with E-state index in [2.05, 4.69) is 5.92 Å². The van der Waals surface area contributed by atoms with Gasteiger partial charge < -0.3 is 5.73 Å². The molecule has 15 heavy (non-hydrogen) atoms. The molecule has 0 spiro atoms. The highest BCUT2D eigenvalue weighted by Crippen LogP contribution is 2.57. The molecule has 4 saturated carbocycles. The normalized spacial score (nSPS) is 48.9. The molecule has 0 amide bonds. The fourth-order valence-electron chi connectivity index (χ4n) is 4.94. The van der Waals surface area contributed by atoms with Crippen molar-refractivity contribution in [3.63, 3.8) is 0 Å². The van der Waals surface area contributed by atoms with Gasteiger partial charge in [0, 0.05) is 12.5 Å². The first-order chi connectivity index (χ1) is 7.28. The summed E-state index contributed by atoms with van der Waals surface area (Å²) in [5.74, 6) is 7.44. The van der Waals surface area contributed by atoms with E-state index >= 15 is 0 Å². The first-order valence-corrected chi connectivity index (χ1v) is 6.47. The average Bonchev–Trinajstić information content (AvgIpc) is 2.15. The van der Waals surface area contributed by atoms with Gasteiger partial charge in [0.05, 0.1) is 0 Å². The summed E-state index contributed by atoms with van der Waals surface area (Å²) >= 11 is 0. The van der Waals surface area contributed by atoms with Crippen LogP contribution in [0.5, 0.6) is 0 Å². The van der Waals surface area contributed by atoms with Crippen LogP contribution in [0, 0.1) is 41.9 Å². The van der Waals surface area contributed by atoms with Crippen molar-refractivity contribution in [3.05, 3.63) is 0 Å². The van der Waals surface area contributed by atoms with E-state index in [0.29, 0.717) is 0 Å². The molecule has 4 fully saturated rings. The van der Waals surface area contributed by atoms with Gasteiger partial charge in [0.25, 0.3) is 0 Å². The van der Waals surface area contributed by atoms with Crippen LogP contribution in [-0.4, -0.2) is 6.04 Å². The number of hydrogen-bond donors (Lipinski definition) is 1. The van der Waals surface area contributed by atoms with Crippen molar-refractivity contribution in [1.82, 2.24) is 0 Å². The Kier molecular flexibility index (Phi) is 2.29. The average molecular weight is 203 g/mol. The van der Waals surface area contributed by atoms with Crippen molar-refractivity contribution in [1.29, 1.82) is 0 Å². The molecule has 0 radical (unpaired) electrons. The lowest BCUT2D eigenvalue weighted by molar-refractivity contribution is -0.0459. The van der Waals surface area contributed by atoms with Gasteiger partial charge in [-0.3, -0.25) is 0 Å². The van der Waals surface area contributed by atoms with Gasteiger partial charge in [-0.25, -0.2) is 0 Å². The molecule has 1 heteroatoms. The van der Waals surface area contributed by atoms with Crippen molar-refractivity contribution in [2.45, 2.75) is 44.6 Å². The van der Waals surface area contributed by atoms with Crippen LogP contribution < -0.4 is 5.73 Å². The molecule has 1 nitrogen and oxygen atoms in total. The molecule has 4 aliphatic rings.